The highest BCUT2D eigenvalue weighted by Gasteiger charge is 2.08. The van der Waals surface area contributed by atoms with Crippen LogP contribution in [0.3, 0.4) is 0 Å². The second kappa shape index (κ2) is 8.26. The maximum Gasteiger partial charge on any atom is 0.161 e. The van der Waals surface area contributed by atoms with Crippen molar-refractivity contribution in [1.82, 2.24) is 4.98 Å². The number of hydrogen-bond donors (Lipinski definition) is 0. The van der Waals surface area contributed by atoms with Crippen LogP contribution in [0.4, 0.5) is 0 Å². The normalized spacial score (nSPS) is 10.8. The molecule has 0 aliphatic rings. The highest BCUT2D eigenvalue weighted by atomic mass is 32.1. The minimum absolute atomic E-state index is 0.364. The average Bonchev–Trinajstić information content (AvgIpc) is 3.14. The van der Waals surface area contributed by atoms with E-state index in [2.05, 4.69) is 4.98 Å². The van der Waals surface area contributed by atoms with Gasteiger partial charge in [-0.25, -0.2) is 4.98 Å². The van der Waals surface area contributed by atoms with Gasteiger partial charge in [0.2, 0.25) is 0 Å². The van der Waals surface area contributed by atoms with Gasteiger partial charge < -0.3 is 9.47 Å². The largest absolute Gasteiger partial charge is 0.493 e. The van der Waals surface area contributed by atoms with E-state index in [4.69, 9.17) is 9.47 Å². The number of nitrogens with zero attached hydrogens (tertiary/aromatic N) is 1. The molecule has 0 aliphatic carbocycles. The van der Waals surface area contributed by atoms with Gasteiger partial charge in [-0.05, 0) is 23.8 Å². The molecule has 0 amide bonds. The molecular weight excluding hydrogens is 334 g/mol. The first-order valence-electron chi connectivity index (χ1n) is 7.72. The summed E-state index contributed by atoms with van der Waals surface area (Å²) in [5, 5.41) is 2.97. The molecule has 0 unspecified atom stereocenters. The SMILES string of the molecule is COc1cc(/C=C/C=O)ccc1OCc1csc(-c2ccccc2)n1. The van der Waals surface area contributed by atoms with Crippen molar-refractivity contribution in [2.75, 3.05) is 7.11 Å². The number of carbonyl (C=O) groups excluding carboxylic acids is 1. The predicted octanol–water partition coefficient (Wildman–Crippen LogP) is 4.61. The van der Waals surface area contributed by atoms with Gasteiger partial charge in [-0.2, -0.15) is 0 Å². The molecule has 0 fully saturated rings. The van der Waals surface area contributed by atoms with Crippen LogP contribution in [0.2, 0.25) is 0 Å². The van der Waals surface area contributed by atoms with Crippen LogP contribution in [-0.2, 0) is 11.4 Å². The molecule has 0 radical (unpaired) electrons. The topological polar surface area (TPSA) is 48.4 Å². The van der Waals surface area contributed by atoms with E-state index in [9.17, 15) is 4.79 Å². The van der Waals surface area contributed by atoms with E-state index in [-0.39, 0.29) is 0 Å². The monoisotopic (exact) mass is 351 g/mol. The van der Waals surface area contributed by atoms with Gasteiger partial charge in [0.15, 0.2) is 11.5 Å². The number of rotatable bonds is 7. The van der Waals surface area contributed by atoms with E-state index in [1.54, 1.807) is 24.5 Å². The van der Waals surface area contributed by atoms with Crippen LogP contribution in [0.5, 0.6) is 11.5 Å². The number of thiazole rings is 1. The van der Waals surface area contributed by atoms with Gasteiger partial charge in [-0.1, -0.05) is 42.5 Å². The third-order valence-electron chi connectivity index (χ3n) is 3.50. The third kappa shape index (κ3) is 4.33. The maximum atomic E-state index is 10.4. The first-order chi connectivity index (χ1) is 12.3. The fraction of sp³-hybridized carbons (Fsp3) is 0.100. The summed E-state index contributed by atoms with van der Waals surface area (Å²) in [7, 11) is 1.59. The van der Waals surface area contributed by atoms with Crippen LogP contribution in [0.1, 0.15) is 11.3 Å². The lowest BCUT2D eigenvalue weighted by atomic mass is 10.2. The molecule has 5 heteroatoms. The third-order valence-corrected chi connectivity index (χ3v) is 4.44. The minimum atomic E-state index is 0.364. The van der Waals surface area contributed by atoms with E-state index >= 15 is 0 Å². The zero-order valence-electron chi connectivity index (χ0n) is 13.7. The Morgan fingerprint density at radius 3 is 2.72 bits per heavy atom. The van der Waals surface area contributed by atoms with Gasteiger partial charge in [0, 0.05) is 10.9 Å². The number of ether oxygens (including phenoxy) is 2. The molecule has 0 saturated carbocycles. The zero-order valence-corrected chi connectivity index (χ0v) is 14.5. The lowest BCUT2D eigenvalue weighted by Crippen LogP contribution is -1.98. The summed E-state index contributed by atoms with van der Waals surface area (Å²) in [5.74, 6) is 1.26. The number of aldehydes is 1. The molecule has 1 heterocycles. The summed E-state index contributed by atoms with van der Waals surface area (Å²) in [4.78, 5) is 15.0. The van der Waals surface area contributed by atoms with Crippen molar-refractivity contribution in [3.8, 4) is 22.1 Å². The van der Waals surface area contributed by atoms with E-state index in [0.717, 1.165) is 28.1 Å². The van der Waals surface area contributed by atoms with E-state index in [1.165, 1.54) is 6.08 Å². The number of allylic oxidation sites excluding steroid dienone is 1. The van der Waals surface area contributed by atoms with Crippen LogP contribution >= 0.6 is 11.3 Å². The molecule has 0 saturated heterocycles. The number of hydrogen-bond acceptors (Lipinski definition) is 5. The van der Waals surface area contributed by atoms with Crippen molar-refractivity contribution in [2.45, 2.75) is 6.61 Å². The molecule has 2 aromatic carbocycles. The maximum absolute atomic E-state index is 10.4. The smallest absolute Gasteiger partial charge is 0.161 e. The first-order valence-corrected chi connectivity index (χ1v) is 8.60. The fourth-order valence-corrected chi connectivity index (χ4v) is 3.11. The lowest BCUT2D eigenvalue weighted by Gasteiger charge is -2.10. The summed E-state index contributed by atoms with van der Waals surface area (Å²) >= 11 is 1.59. The Morgan fingerprint density at radius 2 is 1.96 bits per heavy atom. The molecule has 3 aromatic rings. The molecule has 25 heavy (non-hydrogen) atoms. The van der Waals surface area contributed by atoms with Gasteiger partial charge in [0.05, 0.1) is 12.8 Å². The van der Waals surface area contributed by atoms with Crippen molar-refractivity contribution >= 4 is 23.7 Å². The van der Waals surface area contributed by atoms with Crippen LogP contribution in [0.25, 0.3) is 16.6 Å². The second-order valence-corrected chi connectivity index (χ2v) is 6.06. The van der Waals surface area contributed by atoms with Gasteiger partial charge >= 0.3 is 0 Å². The highest BCUT2D eigenvalue weighted by Crippen LogP contribution is 2.30. The lowest BCUT2D eigenvalue weighted by molar-refractivity contribution is -0.104. The summed E-state index contributed by atoms with van der Waals surface area (Å²) in [6.45, 7) is 0.364. The molecule has 0 spiro atoms. The molecule has 0 N–H and O–H groups in total. The Balaban J connectivity index is 1.70. The van der Waals surface area contributed by atoms with Crippen LogP contribution in [0.15, 0.2) is 60.0 Å². The quantitative estimate of drug-likeness (QED) is 0.461. The molecule has 4 nitrogen and oxygen atoms in total. The molecule has 3 rings (SSSR count). The number of carbonyl (C=O) groups is 1. The zero-order chi connectivity index (χ0) is 17.5. The minimum Gasteiger partial charge on any atom is -0.493 e. The van der Waals surface area contributed by atoms with Crippen molar-refractivity contribution < 1.29 is 14.3 Å². The number of benzene rings is 2. The Labute approximate surface area is 150 Å². The van der Waals surface area contributed by atoms with Crippen molar-refractivity contribution in [1.29, 1.82) is 0 Å². The van der Waals surface area contributed by atoms with Gasteiger partial charge in [0.25, 0.3) is 0 Å². The average molecular weight is 351 g/mol. The van der Waals surface area contributed by atoms with E-state index in [1.807, 2.05) is 53.9 Å². The van der Waals surface area contributed by atoms with Crippen LogP contribution in [0, 0.1) is 0 Å². The van der Waals surface area contributed by atoms with Gasteiger partial charge in [0.1, 0.15) is 17.9 Å². The molecule has 1 aromatic heterocycles. The van der Waals surface area contributed by atoms with E-state index in [0.29, 0.717) is 18.1 Å². The van der Waals surface area contributed by atoms with E-state index < -0.39 is 0 Å². The number of aromatic nitrogens is 1. The van der Waals surface area contributed by atoms with Crippen molar-refractivity contribution in [3.63, 3.8) is 0 Å². The van der Waals surface area contributed by atoms with Crippen molar-refractivity contribution in [2.24, 2.45) is 0 Å². The Kier molecular flexibility index (Phi) is 5.59. The Bertz CT molecular complexity index is 872. The van der Waals surface area contributed by atoms with Gasteiger partial charge in [-0.15, -0.1) is 11.3 Å². The number of methoxy groups -OCH3 is 1. The summed E-state index contributed by atoms with van der Waals surface area (Å²) < 4.78 is 11.2. The molecule has 0 aliphatic heterocycles. The molecule has 0 atom stereocenters. The van der Waals surface area contributed by atoms with Crippen molar-refractivity contribution in [3.05, 3.63) is 71.2 Å². The van der Waals surface area contributed by atoms with Crippen LogP contribution in [-0.4, -0.2) is 18.4 Å². The summed E-state index contributed by atoms with van der Waals surface area (Å²) in [6, 6.07) is 15.6. The predicted molar refractivity (Wildman–Crippen MR) is 100.0 cm³/mol. The summed E-state index contributed by atoms with van der Waals surface area (Å²) in [6.07, 6.45) is 3.89. The standard InChI is InChI=1S/C20H17NO3S/c1-23-19-12-15(6-5-11-22)9-10-18(19)24-13-17-14-25-20(21-17)16-7-3-2-4-8-16/h2-12,14H,13H2,1H3/b6-5+. The molecule has 0 bridgehead atoms. The van der Waals surface area contributed by atoms with Crippen LogP contribution < -0.4 is 9.47 Å². The Hall–Kier alpha value is -2.92. The second-order valence-electron chi connectivity index (χ2n) is 5.20. The summed E-state index contributed by atoms with van der Waals surface area (Å²) in [5.41, 5.74) is 2.84. The highest BCUT2D eigenvalue weighted by molar-refractivity contribution is 7.13. The van der Waals surface area contributed by atoms with Gasteiger partial charge in [-0.3, -0.25) is 4.79 Å². The Morgan fingerprint density at radius 1 is 1.12 bits per heavy atom. The molecular formula is C20H17NO3S. The fourth-order valence-electron chi connectivity index (χ4n) is 2.30. The first kappa shape index (κ1) is 16.9. The molecule has 126 valence electrons.